The third-order valence-corrected chi connectivity index (χ3v) is 4.02. The van der Waals surface area contributed by atoms with E-state index in [2.05, 4.69) is 54.9 Å². The average molecular weight is 264 g/mol. The summed E-state index contributed by atoms with van der Waals surface area (Å²) < 4.78 is 2.14. The van der Waals surface area contributed by atoms with Crippen LogP contribution in [0.2, 0.25) is 0 Å². The van der Waals surface area contributed by atoms with Crippen LogP contribution < -0.4 is 5.32 Å². The van der Waals surface area contributed by atoms with Crippen molar-refractivity contribution < 1.29 is 0 Å². The number of hydrogen-bond donors (Lipinski definition) is 1. The van der Waals surface area contributed by atoms with Crippen LogP contribution in [0.1, 0.15) is 52.3 Å². The predicted molar refractivity (Wildman–Crippen MR) is 79.2 cm³/mol. The van der Waals surface area contributed by atoms with Gasteiger partial charge in [-0.2, -0.15) is 5.10 Å². The zero-order valence-electron chi connectivity index (χ0n) is 12.8. The van der Waals surface area contributed by atoms with Crippen LogP contribution in [0.15, 0.2) is 12.3 Å². The van der Waals surface area contributed by atoms with Crippen molar-refractivity contribution in [2.24, 2.45) is 0 Å². The molecule has 1 aliphatic rings. The maximum Gasteiger partial charge on any atom is 0.0764 e. The molecular weight excluding hydrogens is 236 g/mol. The molecule has 0 aromatic carbocycles. The molecule has 2 rings (SSSR count). The molecule has 0 saturated carbocycles. The van der Waals surface area contributed by atoms with E-state index in [0.29, 0.717) is 6.04 Å². The Morgan fingerprint density at radius 2 is 2.11 bits per heavy atom. The molecule has 0 aliphatic carbocycles. The van der Waals surface area contributed by atoms with Crippen molar-refractivity contribution >= 4 is 0 Å². The zero-order chi connectivity index (χ0) is 13.9. The first-order chi connectivity index (χ1) is 9.04. The summed E-state index contributed by atoms with van der Waals surface area (Å²) in [4.78, 5) is 2.50. The van der Waals surface area contributed by atoms with Crippen LogP contribution in [0.4, 0.5) is 0 Å². The first kappa shape index (κ1) is 14.5. The molecule has 0 unspecified atom stereocenters. The fourth-order valence-corrected chi connectivity index (χ4v) is 2.94. The van der Waals surface area contributed by atoms with Crippen molar-refractivity contribution in [2.45, 2.75) is 58.7 Å². The Bertz CT molecular complexity index is 393. The third kappa shape index (κ3) is 3.80. The first-order valence-electron chi connectivity index (χ1n) is 7.55. The van der Waals surface area contributed by atoms with Crippen LogP contribution in [-0.2, 0) is 6.54 Å². The van der Waals surface area contributed by atoms with E-state index in [0.717, 1.165) is 39.0 Å². The second kappa shape index (κ2) is 6.06. The van der Waals surface area contributed by atoms with Gasteiger partial charge in [-0.1, -0.05) is 13.8 Å². The van der Waals surface area contributed by atoms with Crippen LogP contribution >= 0.6 is 0 Å². The molecule has 19 heavy (non-hydrogen) atoms. The van der Waals surface area contributed by atoms with E-state index in [1.165, 1.54) is 5.69 Å². The van der Waals surface area contributed by atoms with E-state index in [9.17, 15) is 0 Å². The summed E-state index contributed by atoms with van der Waals surface area (Å²) in [7, 11) is 0. The maximum absolute atomic E-state index is 4.75. The topological polar surface area (TPSA) is 33.1 Å². The standard InChI is InChI=1S/C15H28N4/c1-5-14(6-2)19-9-7-13(17-19)11-18-10-8-16-15(3,4)12-18/h7,9,14,16H,5-6,8,10-12H2,1-4H3. The SMILES string of the molecule is CCC(CC)n1ccc(CN2CCNC(C)(C)C2)n1. The highest BCUT2D eigenvalue weighted by Gasteiger charge is 2.25. The van der Waals surface area contributed by atoms with E-state index in [1.807, 2.05) is 0 Å². The van der Waals surface area contributed by atoms with Crippen molar-refractivity contribution in [3.63, 3.8) is 0 Å². The summed E-state index contributed by atoms with van der Waals surface area (Å²) in [6, 6.07) is 2.72. The molecule has 4 nitrogen and oxygen atoms in total. The lowest BCUT2D eigenvalue weighted by molar-refractivity contribution is 0.146. The van der Waals surface area contributed by atoms with Gasteiger partial charge in [-0.05, 0) is 32.8 Å². The summed E-state index contributed by atoms with van der Waals surface area (Å²) in [5.74, 6) is 0. The van der Waals surface area contributed by atoms with Crippen LogP contribution in [0, 0.1) is 0 Å². The molecular formula is C15H28N4. The van der Waals surface area contributed by atoms with Crippen molar-refractivity contribution in [1.29, 1.82) is 0 Å². The minimum Gasteiger partial charge on any atom is -0.309 e. The van der Waals surface area contributed by atoms with E-state index in [1.54, 1.807) is 0 Å². The number of nitrogens with one attached hydrogen (secondary N) is 1. The molecule has 0 radical (unpaired) electrons. The van der Waals surface area contributed by atoms with Crippen molar-refractivity contribution in [3.8, 4) is 0 Å². The van der Waals surface area contributed by atoms with Gasteiger partial charge >= 0.3 is 0 Å². The van der Waals surface area contributed by atoms with Crippen LogP contribution in [0.3, 0.4) is 0 Å². The van der Waals surface area contributed by atoms with Gasteiger partial charge in [0, 0.05) is 37.9 Å². The van der Waals surface area contributed by atoms with Crippen LogP contribution in [-0.4, -0.2) is 39.9 Å². The highest BCUT2D eigenvalue weighted by atomic mass is 15.3. The van der Waals surface area contributed by atoms with Gasteiger partial charge in [0.25, 0.3) is 0 Å². The Hall–Kier alpha value is -0.870. The number of aromatic nitrogens is 2. The van der Waals surface area contributed by atoms with Crippen molar-refractivity contribution in [2.75, 3.05) is 19.6 Å². The van der Waals surface area contributed by atoms with E-state index in [-0.39, 0.29) is 5.54 Å². The fraction of sp³-hybridized carbons (Fsp3) is 0.800. The Labute approximate surface area is 117 Å². The molecule has 0 atom stereocenters. The summed E-state index contributed by atoms with van der Waals surface area (Å²) in [6.45, 7) is 13.2. The van der Waals surface area contributed by atoms with Crippen LogP contribution in [0.5, 0.6) is 0 Å². The lowest BCUT2D eigenvalue weighted by Gasteiger charge is -2.38. The van der Waals surface area contributed by atoms with Gasteiger partial charge < -0.3 is 5.32 Å². The summed E-state index contributed by atoms with van der Waals surface area (Å²) >= 11 is 0. The monoisotopic (exact) mass is 264 g/mol. The molecule has 1 aromatic heterocycles. The number of hydrogen-bond acceptors (Lipinski definition) is 3. The Morgan fingerprint density at radius 3 is 2.74 bits per heavy atom. The maximum atomic E-state index is 4.75. The third-order valence-electron chi connectivity index (χ3n) is 4.02. The summed E-state index contributed by atoms with van der Waals surface area (Å²) in [5.41, 5.74) is 1.42. The van der Waals surface area contributed by atoms with Gasteiger partial charge in [0.05, 0.1) is 11.7 Å². The normalized spacial score (nSPS) is 20.1. The minimum atomic E-state index is 0.218. The Kier molecular flexibility index (Phi) is 4.63. The molecule has 1 N–H and O–H groups in total. The smallest absolute Gasteiger partial charge is 0.0764 e. The molecule has 4 heteroatoms. The number of piperazine rings is 1. The summed E-state index contributed by atoms with van der Waals surface area (Å²) in [5, 5.41) is 8.30. The number of rotatable bonds is 5. The molecule has 108 valence electrons. The van der Waals surface area contributed by atoms with Gasteiger partial charge in [0.15, 0.2) is 0 Å². The van der Waals surface area contributed by atoms with Gasteiger partial charge in [-0.3, -0.25) is 9.58 Å². The number of nitrogens with zero attached hydrogens (tertiary/aromatic N) is 3. The molecule has 1 aromatic rings. The van der Waals surface area contributed by atoms with E-state index < -0.39 is 0 Å². The molecule has 0 amide bonds. The second-order valence-corrected chi connectivity index (χ2v) is 6.28. The largest absolute Gasteiger partial charge is 0.309 e. The Morgan fingerprint density at radius 1 is 1.37 bits per heavy atom. The Balaban J connectivity index is 1.96. The molecule has 1 aliphatic heterocycles. The molecule has 2 heterocycles. The quantitative estimate of drug-likeness (QED) is 0.886. The lowest BCUT2D eigenvalue weighted by Crippen LogP contribution is -2.56. The lowest BCUT2D eigenvalue weighted by atomic mass is 10.0. The minimum absolute atomic E-state index is 0.218. The van der Waals surface area contributed by atoms with E-state index >= 15 is 0 Å². The molecule has 0 bridgehead atoms. The average Bonchev–Trinajstić information content (AvgIpc) is 2.78. The summed E-state index contributed by atoms with van der Waals surface area (Å²) in [6.07, 6.45) is 4.44. The highest BCUT2D eigenvalue weighted by molar-refractivity contribution is 5.01. The predicted octanol–water partition coefficient (Wildman–Crippen LogP) is 2.43. The first-order valence-corrected chi connectivity index (χ1v) is 7.55. The van der Waals surface area contributed by atoms with Gasteiger partial charge in [0.2, 0.25) is 0 Å². The van der Waals surface area contributed by atoms with Crippen molar-refractivity contribution in [1.82, 2.24) is 20.0 Å². The zero-order valence-corrected chi connectivity index (χ0v) is 12.8. The van der Waals surface area contributed by atoms with Gasteiger partial charge in [-0.25, -0.2) is 0 Å². The van der Waals surface area contributed by atoms with Crippen molar-refractivity contribution in [3.05, 3.63) is 18.0 Å². The van der Waals surface area contributed by atoms with Gasteiger partial charge in [0.1, 0.15) is 0 Å². The van der Waals surface area contributed by atoms with Gasteiger partial charge in [-0.15, -0.1) is 0 Å². The molecule has 0 spiro atoms. The van der Waals surface area contributed by atoms with Crippen LogP contribution in [0.25, 0.3) is 0 Å². The van der Waals surface area contributed by atoms with E-state index in [4.69, 9.17) is 5.10 Å². The highest BCUT2D eigenvalue weighted by Crippen LogP contribution is 2.16. The molecule has 1 saturated heterocycles. The second-order valence-electron chi connectivity index (χ2n) is 6.28. The molecule has 1 fully saturated rings. The fourth-order valence-electron chi connectivity index (χ4n) is 2.94.